The maximum Gasteiger partial charge on any atom is 0.267 e. The Morgan fingerprint density at radius 2 is 1.89 bits per heavy atom. The molecule has 0 spiro atoms. The maximum atomic E-state index is 15.0. The Bertz CT molecular complexity index is 1600. The number of imidazole rings is 1. The minimum absolute atomic E-state index is 0.0726. The van der Waals surface area contributed by atoms with Gasteiger partial charge < -0.3 is 5.32 Å². The first-order valence-corrected chi connectivity index (χ1v) is 10.3. The molecule has 0 aliphatic carbocycles. The molecule has 4 heterocycles. The van der Waals surface area contributed by atoms with Gasteiger partial charge in [-0.2, -0.15) is 15.5 Å². The molecule has 0 bridgehead atoms. The van der Waals surface area contributed by atoms with E-state index >= 15 is 0 Å². The first-order valence-electron chi connectivity index (χ1n) is 10.3. The summed E-state index contributed by atoms with van der Waals surface area (Å²) in [6.07, 6.45) is -1.40. The predicted molar refractivity (Wildman–Crippen MR) is 120 cm³/mol. The average Bonchev–Trinajstić information content (AvgIpc) is 3.43. The Kier molecular flexibility index (Phi) is 5.37. The van der Waals surface area contributed by atoms with Gasteiger partial charge in [0.05, 0.1) is 28.0 Å². The van der Waals surface area contributed by atoms with Crippen molar-refractivity contribution >= 4 is 22.5 Å². The van der Waals surface area contributed by atoms with Gasteiger partial charge >= 0.3 is 0 Å². The van der Waals surface area contributed by atoms with E-state index in [2.05, 4.69) is 30.6 Å². The third-order valence-corrected chi connectivity index (χ3v) is 5.27. The SMILES string of the molecule is Cc1ccc(Nc2cc3ncn(-c4ccc(C(F)F)c(-n5nc(C#N)cc5C)n4)c3cc2F)nn1. The number of hydrogen-bond donors (Lipinski definition) is 1. The van der Waals surface area contributed by atoms with Crippen molar-refractivity contribution in [3.63, 3.8) is 0 Å². The van der Waals surface area contributed by atoms with Crippen molar-refractivity contribution in [2.45, 2.75) is 20.3 Å². The topological polar surface area (TPSA) is 110 Å². The fraction of sp³-hybridized carbons (Fsp3) is 0.130. The molecular formula is C23H16F3N9. The minimum atomic E-state index is -2.82. The number of rotatable bonds is 5. The Morgan fingerprint density at radius 1 is 1.06 bits per heavy atom. The van der Waals surface area contributed by atoms with Gasteiger partial charge in [0.2, 0.25) is 0 Å². The molecule has 0 aliphatic rings. The molecule has 0 fully saturated rings. The molecule has 0 amide bonds. The Hall–Kier alpha value is -4.79. The fourth-order valence-corrected chi connectivity index (χ4v) is 3.58. The van der Waals surface area contributed by atoms with Gasteiger partial charge in [0.1, 0.15) is 24.0 Å². The second kappa shape index (κ2) is 8.53. The van der Waals surface area contributed by atoms with Crippen LogP contribution in [-0.2, 0) is 0 Å². The highest BCUT2D eigenvalue weighted by atomic mass is 19.3. The Labute approximate surface area is 196 Å². The lowest BCUT2D eigenvalue weighted by Crippen LogP contribution is -2.09. The predicted octanol–water partition coefficient (Wildman–Crippen LogP) is 4.71. The molecule has 0 saturated heterocycles. The van der Waals surface area contributed by atoms with Gasteiger partial charge in [0.25, 0.3) is 6.43 Å². The summed E-state index contributed by atoms with van der Waals surface area (Å²) >= 11 is 0. The van der Waals surface area contributed by atoms with Crippen LogP contribution in [0, 0.1) is 31.0 Å². The molecular weight excluding hydrogens is 459 g/mol. The molecule has 0 saturated carbocycles. The van der Waals surface area contributed by atoms with Gasteiger partial charge in [-0.1, -0.05) is 0 Å². The van der Waals surface area contributed by atoms with Gasteiger partial charge in [0, 0.05) is 11.8 Å². The van der Waals surface area contributed by atoms with Gasteiger partial charge in [-0.05, 0) is 50.2 Å². The zero-order chi connectivity index (χ0) is 24.7. The highest BCUT2D eigenvalue weighted by molar-refractivity contribution is 5.82. The number of alkyl halides is 2. The summed E-state index contributed by atoms with van der Waals surface area (Å²) in [5.41, 5.74) is 1.88. The van der Waals surface area contributed by atoms with Gasteiger partial charge in [0.15, 0.2) is 17.3 Å². The van der Waals surface area contributed by atoms with E-state index in [0.29, 0.717) is 22.5 Å². The normalized spacial score (nSPS) is 11.2. The zero-order valence-electron chi connectivity index (χ0n) is 18.4. The van der Waals surface area contributed by atoms with Crippen LogP contribution in [0.1, 0.15) is 29.1 Å². The molecule has 5 aromatic rings. The lowest BCUT2D eigenvalue weighted by Gasteiger charge is -2.13. The third-order valence-electron chi connectivity index (χ3n) is 5.27. The molecule has 9 nitrogen and oxygen atoms in total. The number of nitriles is 1. The maximum absolute atomic E-state index is 15.0. The molecule has 0 unspecified atom stereocenters. The number of nitrogens with zero attached hydrogens (tertiary/aromatic N) is 8. The number of pyridine rings is 1. The van der Waals surface area contributed by atoms with E-state index in [9.17, 15) is 13.2 Å². The summed E-state index contributed by atoms with van der Waals surface area (Å²) in [5.74, 6) is -0.110. The second-order valence-electron chi connectivity index (χ2n) is 7.70. The number of halogens is 3. The van der Waals surface area contributed by atoms with Crippen molar-refractivity contribution in [3.8, 4) is 17.7 Å². The number of anilines is 2. The monoisotopic (exact) mass is 475 g/mol. The number of fused-ring (bicyclic) bond motifs is 1. The second-order valence-corrected chi connectivity index (χ2v) is 7.70. The molecule has 35 heavy (non-hydrogen) atoms. The third kappa shape index (κ3) is 4.04. The smallest absolute Gasteiger partial charge is 0.267 e. The first kappa shape index (κ1) is 22.0. The zero-order valence-corrected chi connectivity index (χ0v) is 18.4. The Morgan fingerprint density at radius 3 is 2.57 bits per heavy atom. The molecule has 5 rings (SSSR count). The number of aryl methyl sites for hydroxylation is 2. The quantitative estimate of drug-likeness (QED) is 0.392. The summed E-state index contributed by atoms with van der Waals surface area (Å²) in [7, 11) is 0. The standard InChI is InChI=1S/C23H16F3N9/c1-12-3-5-20(32-31-12)29-17-9-18-19(8-16(17)24)34(11-28-18)21-6-4-15(22(25)26)23(30-21)35-13(2)7-14(10-27)33-35/h3-9,11,22H,1-2H3,(H,29,32). The Balaban J connectivity index is 1.58. The van der Waals surface area contributed by atoms with Crippen LogP contribution < -0.4 is 5.32 Å². The molecule has 0 atom stereocenters. The summed E-state index contributed by atoms with van der Waals surface area (Å²) in [6, 6.07) is 12.2. The van der Waals surface area contributed by atoms with E-state index in [0.717, 1.165) is 5.69 Å². The van der Waals surface area contributed by atoms with Gasteiger partial charge in [-0.25, -0.2) is 27.8 Å². The highest BCUT2D eigenvalue weighted by Gasteiger charge is 2.21. The number of aromatic nitrogens is 7. The van der Waals surface area contributed by atoms with Crippen LogP contribution >= 0.6 is 0 Å². The van der Waals surface area contributed by atoms with Crippen molar-refractivity contribution in [2.75, 3.05) is 5.32 Å². The highest BCUT2D eigenvalue weighted by Crippen LogP contribution is 2.29. The van der Waals surface area contributed by atoms with Gasteiger partial charge in [-0.3, -0.25) is 4.57 Å². The lowest BCUT2D eigenvalue weighted by atomic mass is 10.2. The average molecular weight is 475 g/mol. The summed E-state index contributed by atoms with van der Waals surface area (Å²) in [6.45, 7) is 3.42. The molecule has 12 heteroatoms. The van der Waals surface area contributed by atoms with Crippen molar-refractivity contribution in [1.29, 1.82) is 5.26 Å². The van der Waals surface area contributed by atoms with Crippen molar-refractivity contribution in [2.24, 2.45) is 0 Å². The largest absolute Gasteiger partial charge is 0.336 e. The van der Waals surface area contributed by atoms with Crippen LogP contribution in [-0.4, -0.2) is 34.5 Å². The number of hydrogen-bond acceptors (Lipinski definition) is 7. The van der Waals surface area contributed by atoms with Gasteiger partial charge in [-0.15, -0.1) is 5.10 Å². The molecule has 174 valence electrons. The number of nitrogens with one attached hydrogen (secondary N) is 1. The first-order chi connectivity index (χ1) is 16.8. The van der Waals surface area contributed by atoms with Crippen LogP contribution in [0.15, 0.2) is 48.8 Å². The summed E-state index contributed by atoms with van der Waals surface area (Å²) in [4.78, 5) is 8.69. The number of benzene rings is 1. The molecule has 1 N–H and O–H groups in total. The van der Waals surface area contributed by atoms with Crippen LogP contribution in [0.4, 0.5) is 24.7 Å². The summed E-state index contributed by atoms with van der Waals surface area (Å²) < 4.78 is 45.1. The van der Waals surface area contributed by atoms with Crippen LogP contribution in [0.5, 0.6) is 0 Å². The molecule has 0 aliphatic heterocycles. The van der Waals surface area contributed by atoms with E-state index < -0.39 is 12.2 Å². The molecule has 0 radical (unpaired) electrons. The van der Waals surface area contributed by atoms with E-state index in [1.54, 1.807) is 26.0 Å². The molecule has 1 aromatic carbocycles. The summed E-state index contributed by atoms with van der Waals surface area (Å²) in [5, 5.41) is 24.0. The lowest BCUT2D eigenvalue weighted by molar-refractivity contribution is 0.150. The molecule has 4 aromatic heterocycles. The van der Waals surface area contributed by atoms with Crippen LogP contribution in [0.2, 0.25) is 0 Å². The van der Waals surface area contributed by atoms with Crippen LogP contribution in [0.3, 0.4) is 0 Å². The van der Waals surface area contributed by atoms with Crippen molar-refractivity contribution < 1.29 is 13.2 Å². The van der Waals surface area contributed by atoms with E-state index in [4.69, 9.17) is 5.26 Å². The fourth-order valence-electron chi connectivity index (χ4n) is 3.58. The van der Waals surface area contributed by atoms with E-state index in [1.165, 1.54) is 45.9 Å². The van der Waals surface area contributed by atoms with E-state index in [1.807, 2.05) is 6.07 Å². The van der Waals surface area contributed by atoms with E-state index in [-0.39, 0.29) is 28.6 Å². The van der Waals surface area contributed by atoms with Crippen LogP contribution in [0.25, 0.3) is 22.7 Å². The van der Waals surface area contributed by atoms with Crippen molar-refractivity contribution in [3.05, 3.63) is 77.3 Å². The minimum Gasteiger partial charge on any atom is -0.336 e. The van der Waals surface area contributed by atoms with Crippen molar-refractivity contribution in [1.82, 2.24) is 34.5 Å².